The highest BCUT2D eigenvalue weighted by molar-refractivity contribution is 5.92. The van der Waals surface area contributed by atoms with Gasteiger partial charge in [0.15, 0.2) is 5.69 Å². The first-order chi connectivity index (χ1) is 9.45. The van der Waals surface area contributed by atoms with Crippen molar-refractivity contribution < 1.29 is 9.53 Å². The van der Waals surface area contributed by atoms with E-state index in [1.807, 2.05) is 19.1 Å². The van der Waals surface area contributed by atoms with Crippen LogP contribution in [0.1, 0.15) is 41.6 Å². The van der Waals surface area contributed by atoms with Crippen molar-refractivity contribution in [2.75, 3.05) is 12.8 Å². The zero-order chi connectivity index (χ0) is 14.9. The summed E-state index contributed by atoms with van der Waals surface area (Å²) < 4.78 is 6.45. The summed E-state index contributed by atoms with van der Waals surface area (Å²) in [5.41, 5.74) is 8.29. The second-order valence-corrected chi connectivity index (χ2v) is 4.97. The van der Waals surface area contributed by atoms with Crippen molar-refractivity contribution in [2.24, 2.45) is 0 Å². The monoisotopic (exact) mass is 273 g/mol. The maximum atomic E-state index is 11.6. The Morgan fingerprint density at radius 1 is 1.40 bits per heavy atom. The molecule has 0 saturated carbocycles. The molecule has 0 fully saturated rings. The van der Waals surface area contributed by atoms with Crippen LogP contribution in [0.4, 0.5) is 5.82 Å². The van der Waals surface area contributed by atoms with Crippen LogP contribution in [-0.4, -0.2) is 22.6 Å². The average molecular weight is 273 g/mol. The number of anilines is 1. The number of hydrogen-bond donors (Lipinski definition) is 1. The number of nitrogens with zero attached hydrogens (tertiary/aromatic N) is 2. The van der Waals surface area contributed by atoms with Crippen LogP contribution in [0.3, 0.4) is 0 Å². The van der Waals surface area contributed by atoms with Gasteiger partial charge in [0.05, 0.1) is 7.11 Å². The summed E-state index contributed by atoms with van der Waals surface area (Å²) in [4.78, 5) is 15.8. The predicted octanol–water partition coefficient (Wildman–Crippen LogP) is 2.67. The summed E-state index contributed by atoms with van der Waals surface area (Å²) >= 11 is 0. The molecule has 5 heteroatoms. The SMILES string of the molecule is COC(=O)c1nc(C)n(-c2cccc(C(C)C)c2)c1N. The molecule has 0 unspecified atom stereocenters. The number of imidazole rings is 1. The molecule has 106 valence electrons. The molecule has 1 aromatic heterocycles. The number of methoxy groups -OCH3 is 1. The van der Waals surface area contributed by atoms with E-state index in [0.717, 1.165) is 5.69 Å². The van der Waals surface area contributed by atoms with Crippen molar-refractivity contribution in [1.82, 2.24) is 9.55 Å². The Morgan fingerprint density at radius 2 is 2.10 bits per heavy atom. The fourth-order valence-electron chi connectivity index (χ4n) is 2.15. The molecule has 5 nitrogen and oxygen atoms in total. The zero-order valence-electron chi connectivity index (χ0n) is 12.2. The van der Waals surface area contributed by atoms with Gasteiger partial charge in [0.1, 0.15) is 11.6 Å². The van der Waals surface area contributed by atoms with Crippen molar-refractivity contribution in [3.8, 4) is 5.69 Å². The van der Waals surface area contributed by atoms with Crippen LogP contribution in [0.2, 0.25) is 0 Å². The van der Waals surface area contributed by atoms with Gasteiger partial charge in [-0.15, -0.1) is 0 Å². The Bertz CT molecular complexity index is 645. The smallest absolute Gasteiger partial charge is 0.360 e. The molecular weight excluding hydrogens is 254 g/mol. The van der Waals surface area contributed by atoms with E-state index >= 15 is 0 Å². The third-order valence-electron chi connectivity index (χ3n) is 3.25. The fraction of sp³-hybridized carbons (Fsp3) is 0.333. The minimum Gasteiger partial charge on any atom is -0.464 e. The number of rotatable bonds is 3. The number of ether oxygens (including phenoxy) is 1. The average Bonchev–Trinajstić information content (AvgIpc) is 2.73. The summed E-state index contributed by atoms with van der Waals surface area (Å²) in [6.45, 7) is 6.07. The molecule has 2 aromatic rings. The fourth-order valence-corrected chi connectivity index (χ4v) is 2.15. The first-order valence-corrected chi connectivity index (χ1v) is 6.49. The largest absolute Gasteiger partial charge is 0.464 e. The van der Waals surface area contributed by atoms with Gasteiger partial charge in [-0.1, -0.05) is 26.0 Å². The van der Waals surface area contributed by atoms with E-state index in [4.69, 9.17) is 5.73 Å². The number of benzene rings is 1. The van der Waals surface area contributed by atoms with E-state index in [9.17, 15) is 4.79 Å². The molecule has 1 aromatic carbocycles. The second kappa shape index (κ2) is 5.36. The normalized spacial score (nSPS) is 10.8. The number of aromatic nitrogens is 2. The number of nitrogen functional groups attached to an aromatic ring is 1. The molecular formula is C15H19N3O2. The van der Waals surface area contributed by atoms with Crippen molar-refractivity contribution in [1.29, 1.82) is 0 Å². The zero-order valence-corrected chi connectivity index (χ0v) is 12.2. The van der Waals surface area contributed by atoms with E-state index in [1.165, 1.54) is 12.7 Å². The molecule has 0 aliphatic rings. The van der Waals surface area contributed by atoms with Crippen LogP contribution in [0, 0.1) is 6.92 Å². The standard InChI is InChI=1S/C15H19N3O2/c1-9(2)11-6-5-7-12(8-11)18-10(3)17-13(14(18)16)15(19)20-4/h5-9H,16H2,1-4H3. The van der Waals surface area contributed by atoms with Crippen LogP contribution in [-0.2, 0) is 4.74 Å². The minimum absolute atomic E-state index is 0.153. The second-order valence-electron chi connectivity index (χ2n) is 4.97. The Hall–Kier alpha value is -2.30. The number of carbonyl (C=O) groups excluding carboxylic acids is 1. The molecule has 0 atom stereocenters. The van der Waals surface area contributed by atoms with Gasteiger partial charge in [-0.05, 0) is 30.5 Å². The van der Waals surface area contributed by atoms with Gasteiger partial charge in [-0.3, -0.25) is 4.57 Å². The Morgan fingerprint density at radius 3 is 2.70 bits per heavy atom. The van der Waals surface area contributed by atoms with Gasteiger partial charge in [-0.2, -0.15) is 0 Å². The van der Waals surface area contributed by atoms with E-state index in [-0.39, 0.29) is 5.69 Å². The van der Waals surface area contributed by atoms with Crippen molar-refractivity contribution >= 4 is 11.8 Å². The maximum Gasteiger partial charge on any atom is 0.360 e. The third-order valence-corrected chi connectivity index (χ3v) is 3.25. The Balaban J connectivity index is 2.56. The summed E-state index contributed by atoms with van der Waals surface area (Å²) in [6.07, 6.45) is 0. The molecule has 0 bridgehead atoms. The number of nitrogens with two attached hydrogens (primary N) is 1. The topological polar surface area (TPSA) is 70.1 Å². The highest BCUT2D eigenvalue weighted by atomic mass is 16.5. The number of carbonyl (C=O) groups is 1. The van der Waals surface area contributed by atoms with Gasteiger partial charge in [-0.25, -0.2) is 9.78 Å². The summed E-state index contributed by atoms with van der Waals surface area (Å²) in [5, 5.41) is 0. The van der Waals surface area contributed by atoms with Crippen LogP contribution >= 0.6 is 0 Å². The lowest BCUT2D eigenvalue weighted by atomic mass is 10.0. The van der Waals surface area contributed by atoms with E-state index in [1.54, 1.807) is 4.57 Å². The highest BCUT2D eigenvalue weighted by Crippen LogP contribution is 2.24. The number of esters is 1. The first-order valence-electron chi connectivity index (χ1n) is 6.49. The van der Waals surface area contributed by atoms with Gasteiger partial charge < -0.3 is 10.5 Å². The van der Waals surface area contributed by atoms with E-state index in [2.05, 4.69) is 35.7 Å². The lowest BCUT2D eigenvalue weighted by Gasteiger charge is -2.11. The molecule has 1 heterocycles. The number of hydrogen-bond acceptors (Lipinski definition) is 4. The molecule has 0 amide bonds. The van der Waals surface area contributed by atoms with Crippen LogP contribution in [0.15, 0.2) is 24.3 Å². The van der Waals surface area contributed by atoms with Gasteiger partial charge in [0, 0.05) is 5.69 Å². The quantitative estimate of drug-likeness (QED) is 0.873. The molecule has 0 radical (unpaired) electrons. The molecule has 0 spiro atoms. The van der Waals surface area contributed by atoms with Crippen molar-refractivity contribution in [2.45, 2.75) is 26.7 Å². The third kappa shape index (κ3) is 2.39. The lowest BCUT2D eigenvalue weighted by Crippen LogP contribution is -2.08. The molecule has 2 rings (SSSR count). The minimum atomic E-state index is -0.524. The van der Waals surface area contributed by atoms with Crippen molar-refractivity contribution in [3.63, 3.8) is 0 Å². The van der Waals surface area contributed by atoms with Crippen LogP contribution in [0.25, 0.3) is 5.69 Å². The van der Waals surface area contributed by atoms with Gasteiger partial charge >= 0.3 is 5.97 Å². The van der Waals surface area contributed by atoms with Crippen LogP contribution < -0.4 is 5.73 Å². The van der Waals surface area contributed by atoms with E-state index in [0.29, 0.717) is 17.6 Å². The molecule has 20 heavy (non-hydrogen) atoms. The Kier molecular flexibility index (Phi) is 3.79. The van der Waals surface area contributed by atoms with Crippen molar-refractivity contribution in [3.05, 3.63) is 41.3 Å². The Labute approximate surface area is 118 Å². The maximum absolute atomic E-state index is 11.6. The van der Waals surface area contributed by atoms with Gasteiger partial charge in [0.25, 0.3) is 0 Å². The molecule has 0 saturated heterocycles. The van der Waals surface area contributed by atoms with Crippen LogP contribution in [0.5, 0.6) is 0 Å². The summed E-state index contributed by atoms with van der Waals surface area (Å²) in [7, 11) is 1.31. The predicted molar refractivity (Wildman–Crippen MR) is 78.1 cm³/mol. The molecule has 2 N–H and O–H groups in total. The molecule has 0 aliphatic heterocycles. The van der Waals surface area contributed by atoms with Gasteiger partial charge in [0.2, 0.25) is 0 Å². The highest BCUT2D eigenvalue weighted by Gasteiger charge is 2.20. The lowest BCUT2D eigenvalue weighted by molar-refractivity contribution is 0.0596. The number of aryl methyl sites for hydroxylation is 1. The van der Waals surface area contributed by atoms with E-state index < -0.39 is 5.97 Å². The molecule has 0 aliphatic carbocycles. The summed E-state index contributed by atoms with van der Waals surface area (Å²) in [5.74, 6) is 0.850. The first kappa shape index (κ1) is 14.1. The summed E-state index contributed by atoms with van der Waals surface area (Å²) in [6, 6.07) is 8.04.